The number of methoxy groups -OCH3 is 1. The van der Waals surface area contributed by atoms with Gasteiger partial charge in [-0.3, -0.25) is 4.98 Å². The Morgan fingerprint density at radius 2 is 2.32 bits per heavy atom. The summed E-state index contributed by atoms with van der Waals surface area (Å²) in [4.78, 5) is 24.3. The molecule has 0 amide bonds. The van der Waals surface area contributed by atoms with Gasteiger partial charge < -0.3 is 14.5 Å². The average molecular weight is 264 g/mol. The standard InChI is InChI=1S/C13H20N4O2/c1-16(2)9-10-5-4-6-17(10)12-8-14-7-11(15-12)13(18)19-3/h7-8,10H,4-6,9H2,1-3H3. The van der Waals surface area contributed by atoms with E-state index in [-0.39, 0.29) is 5.69 Å². The van der Waals surface area contributed by atoms with E-state index in [4.69, 9.17) is 0 Å². The molecular formula is C13H20N4O2. The van der Waals surface area contributed by atoms with E-state index in [1.807, 2.05) is 0 Å². The Kier molecular flexibility index (Phi) is 4.31. The fraction of sp³-hybridized carbons (Fsp3) is 0.615. The fourth-order valence-corrected chi connectivity index (χ4v) is 2.45. The lowest BCUT2D eigenvalue weighted by Crippen LogP contribution is -2.38. The van der Waals surface area contributed by atoms with Gasteiger partial charge in [-0.15, -0.1) is 0 Å². The summed E-state index contributed by atoms with van der Waals surface area (Å²) in [6.45, 7) is 1.93. The summed E-state index contributed by atoms with van der Waals surface area (Å²) < 4.78 is 4.68. The SMILES string of the molecule is COC(=O)c1cncc(N2CCCC2CN(C)C)n1. The number of carbonyl (C=O) groups is 1. The van der Waals surface area contributed by atoms with Crippen LogP contribution in [0, 0.1) is 0 Å². The van der Waals surface area contributed by atoms with E-state index in [2.05, 4.69) is 38.6 Å². The van der Waals surface area contributed by atoms with Gasteiger partial charge in [0.15, 0.2) is 5.69 Å². The zero-order chi connectivity index (χ0) is 13.8. The van der Waals surface area contributed by atoms with Crippen LogP contribution in [0.4, 0.5) is 5.82 Å². The van der Waals surface area contributed by atoms with E-state index in [1.54, 1.807) is 6.20 Å². The van der Waals surface area contributed by atoms with Gasteiger partial charge in [0.05, 0.1) is 19.5 Å². The molecule has 1 aliphatic heterocycles. The molecule has 1 aromatic rings. The van der Waals surface area contributed by atoms with Crippen molar-refractivity contribution in [2.75, 3.05) is 39.2 Å². The van der Waals surface area contributed by atoms with Gasteiger partial charge in [-0.05, 0) is 26.9 Å². The Balaban J connectivity index is 2.18. The van der Waals surface area contributed by atoms with Crippen molar-refractivity contribution in [3.63, 3.8) is 0 Å². The van der Waals surface area contributed by atoms with Crippen molar-refractivity contribution in [2.45, 2.75) is 18.9 Å². The number of rotatable bonds is 4. The van der Waals surface area contributed by atoms with Gasteiger partial charge in [-0.1, -0.05) is 0 Å². The minimum absolute atomic E-state index is 0.260. The highest BCUT2D eigenvalue weighted by atomic mass is 16.5. The van der Waals surface area contributed by atoms with Crippen molar-refractivity contribution in [3.05, 3.63) is 18.1 Å². The second kappa shape index (κ2) is 5.97. The largest absolute Gasteiger partial charge is 0.464 e. The lowest BCUT2D eigenvalue weighted by atomic mass is 10.2. The van der Waals surface area contributed by atoms with E-state index < -0.39 is 5.97 Å². The molecule has 0 bridgehead atoms. The fourth-order valence-electron chi connectivity index (χ4n) is 2.45. The van der Waals surface area contributed by atoms with E-state index in [1.165, 1.54) is 13.3 Å². The zero-order valence-electron chi connectivity index (χ0n) is 11.7. The van der Waals surface area contributed by atoms with Gasteiger partial charge >= 0.3 is 5.97 Å². The first kappa shape index (κ1) is 13.7. The number of hydrogen-bond acceptors (Lipinski definition) is 6. The Labute approximate surface area is 113 Å². The minimum Gasteiger partial charge on any atom is -0.464 e. The Morgan fingerprint density at radius 3 is 3.00 bits per heavy atom. The molecule has 1 atom stereocenters. The van der Waals surface area contributed by atoms with Crippen molar-refractivity contribution in [3.8, 4) is 0 Å². The molecule has 0 radical (unpaired) electrons. The molecule has 0 aromatic carbocycles. The molecule has 6 heteroatoms. The Hall–Kier alpha value is -1.69. The van der Waals surface area contributed by atoms with Crippen molar-refractivity contribution >= 4 is 11.8 Å². The normalized spacial score (nSPS) is 18.9. The molecule has 19 heavy (non-hydrogen) atoms. The summed E-state index contributed by atoms with van der Waals surface area (Å²) >= 11 is 0. The molecule has 0 aliphatic carbocycles. The van der Waals surface area contributed by atoms with Gasteiger partial charge in [-0.25, -0.2) is 9.78 Å². The topological polar surface area (TPSA) is 58.6 Å². The highest BCUT2D eigenvalue weighted by Crippen LogP contribution is 2.23. The summed E-state index contributed by atoms with van der Waals surface area (Å²) in [6.07, 6.45) is 5.43. The molecular weight excluding hydrogens is 244 g/mol. The smallest absolute Gasteiger partial charge is 0.358 e. The predicted molar refractivity (Wildman–Crippen MR) is 72.3 cm³/mol. The van der Waals surface area contributed by atoms with Crippen LogP contribution in [0.3, 0.4) is 0 Å². The number of carbonyl (C=O) groups excluding carboxylic acids is 1. The molecule has 6 nitrogen and oxygen atoms in total. The number of anilines is 1. The van der Waals surface area contributed by atoms with Crippen LogP contribution in [0.25, 0.3) is 0 Å². The van der Waals surface area contributed by atoms with Gasteiger partial charge in [0.2, 0.25) is 0 Å². The number of nitrogens with zero attached hydrogens (tertiary/aromatic N) is 4. The highest BCUT2D eigenvalue weighted by molar-refractivity contribution is 5.87. The van der Waals surface area contributed by atoms with E-state index >= 15 is 0 Å². The molecule has 1 saturated heterocycles. The predicted octanol–water partition coefficient (Wildman–Crippen LogP) is 0.794. The van der Waals surface area contributed by atoms with Crippen LogP contribution in [0.1, 0.15) is 23.3 Å². The number of aromatic nitrogens is 2. The van der Waals surface area contributed by atoms with Gasteiger partial charge in [0, 0.05) is 19.1 Å². The van der Waals surface area contributed by atoms with Crippen molar-refractivity contribution in [1.82, 2.24) is 14.9 Å². The lowest BCUT2D eigenvalue weighted by molar-refractivity contribution is 0.0593. The van der Waals surface area contributed by atoms with Gasteiger partial charge in [0.1, 0.15) is 5.82 Å². The molecule has 0 N–H and O–H groups in total. The van der Waals surface area contributed by atoms with Gasteiger partial charge in [0.25, 0.3) is 0 Å². The first-order chi connectivity index (χ1) is 9.11. The molecule has 2 rings (SSSR count). The first-order valence-corrected chi connectivity index (χ1v) is 6.43. The van der Waals surface area contributed by atoms with Crippen molar-refractivity contribution in [2.24, 2.45) is 0 Å². The summed E-state index contributed by atoms with van der Waals surface area (Å²) in [5.41, 5.74) is 0.260. The Bertz CT molecular complexity index is 450. The number of ether oxygens (including phenoxy) is 1. The first-order valence-electron chi connectivity index (χ1n) is 6.43. The third-order valence-corrected chi connectivity index (χ3v) is 3.26. The minimum atomic E-state index is -0.447. The lowest BCUT2D eigenvalue weighted by Gasteiger charge is -2.27. The summed E-state index contributed by atoms with van der Waals surface area (Å²) in [5, 5.41) is 0. The summed E-state index contributed by atoms with van der Waals surface area (Å²) in [5.74, 6) is 0.310. The molecule has 0 spiro atoms. The maximum Gasteiger partial charge on any atom is 0.358 e. The molecule has 2 heterocycles. The number of hydrogen-bond donors (Lipinski definition) is 0. The van der Waals surface area contributed by atoms with Crippen LogP contribution in [0.5, 0.6) is 0 Å². The van der Waals surface area contributed by atoms with E-state index in [0.717, 1.165) is 31.7 Å². The summed E-state index contributed by atoms with van der Waals surface area (Å²) in [7, 11) is 5.47. The molecule has 1 aliphatic rings. The second-order valence-corrected chi connectivity index (χ2v) is 5.01. The van der Waals surface area contributed by atoms with Crippen LogP contribution in [-0.2, 0) is 4.74 Å². The molecule has 1 aromatic heterocycles. The Morgan fingerprint density at radius 1 is 1.53 bits per heavy atom. The second-order valence-electron chi connectivity index (χ2n) is 5.01. The maximum atomic E-state index is 11.5. The molecule has 0 saturated carbocycles. The zero-order valence-corrected chi connectivity index (χ0v) is 11.7. The molecule has 1 unspecified atom stereocenters. The quantitative estimate of drug-likeness (QED) is 0.750. The van der Waals surface area contributed by atoms with Crippen LogP contribution >= 0.6 is 0 Å². The average Bonchev–Trinajstić information content (AvgIpc) is 2.85. The van der Waals surface area contributed by atoms with Crippen LogP contribution in [-0.4, -0.2) is 61.2 Å². The third-order valence-electron chi connectivity index (χ3n) is 3.26. The number of likely N-dealkylation sites (N-methyl/N-ethyl adjacent to an activating group) is 1. The van der Waals surface area contributed by atoms with Crippen LogP contribution in [0.2, 0.25) is 0 Å². The van der Waals surface area contributed by atoms with Crippen LogP contribution in [0.15, 0.2) is 12.4 Å². The monoisotopic (exact) mass is 264 g/mol. The molecule has 104 valence electrons. The van der Waals surface area contributed by atoms with E-state index in [9.17, 15) is 4.79 Å². The summed E-state index contributed by atoms with van der Waals surface area (Å²) in [6, 6.07) is 0.428. The third kappa shape index (κ3) is 3.20. The van der Waals surface area contributed by atoms with E-state index in [0.29, 0.717) is 6.04 Å². The van der Waals surface area contributed by atoms with Crippen molar-refractivity contribution in [1.29, 1.82) is 0 Å². The number of esters is 1. The maximum absolute atomic E-state index is 11.5. The van der Waals surface area contributed by atoms with Gasteiger partial charge in [-0.2, -0.15) is 0 Å². The van der Waals surface area contributed by atoms with Crippen molar-refractivity contribution < 1.29 is 9.53 Å². The van der Waals surface area contributed by atoms with Crippen LogP contribution < -0.4 is 4.90 Å². The molecule has 1 fully saturated rings. The highest BCUT2D eigenvalue weighted by Gasteiger charge is 2.26.